The van der Waals surface area contributed by atoms with E-state index in [0.29, 0.717) is 16.7 Å². The van der Waals surface area contributed by atoms with Gasteiger partial charge in [0.2, 0.25) is 11.8 Å². The number of carbonyl (C=O) groups is 4. The van der Waals surface area contributed by atoms with Gasteiger partial charge in [0.25, 0.3) is 0 Å². The second kappa shape index (κ2) is 12.1. The van der Waals surface area contributed by atoms with E-state index in [4.69, 9.17) is 9.47 Å². The Bertz CT molecular complexity index is 1050. The smallest absolute Gasteiger partial charge is 0.338 e. The molecule has 0 aliphatic carbocycles. The topological polar surface area (TPSA) is 111 Å². The lowest BCUT2D eigenvalue weighted by Gasteiger charge is -2.22. The van der Waals surface area contributed by atoms with Crippen molar-refractivity contribution >= 4 is 23.8 Å². The number of hydrogen-bond acceptors (Lipinski definition) is 6. The summed E-state index contributed by atoms with van der Waals surface area (Å²) < 4.78 is 23.4. The number of carbonyl (C=O) groups excluding carboxylic acids is 4. The fourth-order valence-electron chi connectivity index (χ4n) is 3.27. The molecule has 0 saturated carbocycles. The van der Waals surface area contributed by atoms with Gasteiger partial charge in [-0.3, -0.25) is 9.59 Å². The van der Waals surface area contributed by atoms with Crippen molar-refractivity contribution in [1.82, 2.24) is 10.6 Å². The van der Waals surface area contributed by atoms with E-state index in [0.717, 1.165) is 0 Å². The number of methoxy groups -OCH3 is 1. The van der Waals surface area contributed by atoms with Crippen molar-refractivity contribution in [2.24, 2.45) is 0 Å². The van der Waals surface area contributed by atoms with Gasteiger partial charge in [-0.05, 0) is 56.2 Å². The van der Waals surface area contributed by atoms with Crippen LogP contribution in [0.4, 0.5) is 4.39 Å². The van der Waals surface area contributed by atoms with Gasteiger partial charge in [0.1, 0.15) is 23.5 Å². The summed E-state index contributed by atoms with van der Waals surface area (Å²) in [5, 5.41) is 5.19. The quantitative estimate of drug-likeness (QED) is 0.528. The zero-order valence-electron chi connectivity index (χ0n) is 20.5. The van der Waals surface area contributed by atoms with E-state index in [9.17, 15) is 23.6 Å². The van der Waals surface area contributed by atoms with E-state index in [1.165, 1.54) is 38.3 Å². The fraction of sp³-hybridized carbons (Fsp3) is 0.385. The maximum absolute atomic E-state index is 13.2. The van der Waals surface area contributed by atoms with Gasteiger partial charge in [-0.2, -0.15) is 0 Å². The number of ether oxygens (including phenoxy) is 2. The molecule has 35 heavy (non-hydrogen) atoms. The predicted octanol–water partition coefficient (Wildman–Crippen LogP) is 2.73. The van der Waals surface area contributed by atoms with Gasteiger partial charge in [-0.25, -0.2) is 14.0 Å². The van der Waals surface area contributed by atoms with Gasteiger partial charge in [0.05, 0.1) is 12.7 Å². The van der Waals surface area contributed by atoms with Crippen molar-refractivity contribution in [3.8, 4) is 0 Å². The second-order valence-electron chi connectivity index (χ2n) is 9.07. The van der Waals surface area contributed by atoms with Gasteiger partial charge in [0.15, 0.2) is 0 Å². The van der Waals surface area contributed by atoms with E-state index < -0.39 is 47.3 Å². The first-order valence-electron chi connectivity index (χ1n) is 11.1. The molecule has 2 rings (SSSR count). The molecule has 0 aromatic heterocycles. The van der Waals surface area contributed by atoms with Gasteiger partial charge < -0.3 is 20.1 Å². The molecule has 0 aliphatic heterocycles. The molecule has 0 unspecified atom stereocenters. The molecule has 0 aliphatic rings. The second-order valence-corrected chi connectivity index (χ2v) is 9.07. The van der Waals surface area contributed by atoms with Crippen molar-refractivity contribution in [3.63, 3.8) is 0 Å². The maximum Gasteiger partial charge on any atom is 0.338 e. The van der Waals surface area contributed by atoms with Gasteiger partial charge >= 0.3 is 11.9 Å². The zero-order valence-corrected chi connectivity index (χ0v) is 20.5. The number of nitrogens with one attached hydrogen (secondary N) is 2. The number of rotatable bonds is 9. The van der Waals surface area contributed by atoms with Crippen LogP contribution in [0.2, 0.25) is 0 Å². The highest BCUT2D eigenvalue weighted by Crippen LogP contribution is 2.14. The number of halogens is 1. The first kappa shape index (κ1) is 27.5. The van der Waals surface area contributed by atoms with Gasteiger partial charge in [-0.15, -0.1) is 0 Å². The van der Waals surface area contributed by atoms with Crippen LogP contribution < -0.4 is 10.6 Å². The van der Waals surface area contributed by atoms with Crippen molar-refractivity contribution in [2.45, 2.75) is 58.2 Å². The highest BCUT2D eigenvalue weighted by Gasteiger charge is 2.27. The van der Waals surface area contributed by atoms with Crippen LogP contribution in [-0.2, 0) is 36.7 Å². The lowest BCUT2D eigenvalue weighted by atomic mass is 10.0. The predicted molar refractivity (Wildman–Crippen MR) is 127 cm³/mol. The Kier molecular flexibility index (Phi) is 9.50. The number of benzene rings is 2. The zero-order chi connectivity index (χ0) is 26.2. The highest BCUT2D eigenvalue weighted by atomic mass is 19.1. The molecular formula is C26H31FN2O6. The van der Waals surface area contributed by atoms with Crippen LogP contribution in [0.15, 0.2) is 48.5 Å². The van der Waals surface area contributed by atoms with Crippen LogP contribution in [-0.4, -0.2) is 48.5 Å². The van der Waals surface area contributed by atoms with Crippen LogP contribution >= 0.6 is 0 Å². The summed E-state index contributed by atoms with van der Waals surface area (Å²) in [5.41, 5.74) is 1.02. The number of amides is 2. The molecule has 188 valence electrons. The maximum atomic E-state index is 13.2. The minimum atomic E-state index is -1.04. The fourth-order valence-corrected chi connectivity index (χ4v) is 3.27. The number of esters is 2. The van der Waals surface area contributed by atoms with Crippen LogP contribution in [0, 0.1) is 5.82 Å². The monoisotopic (exact) mass is 486 g/mol. The lowest BCUT2D eigenvalue weighted by molar-refractivity contribution is -0.145. The third kappa shape index (κ3) is 9.19. The molecule has 8 nitrogen and oxygen atoms in total. The van der Waals surface area contributed by atoms with Crippen LogP contribution in [0.3, 0.4) is 0 Å². The molecule has 0 spiro atoms. The van der Waals surface area contributed by atoms with Crippen LogP contribution in [0.25, 0.3) is 0 Å². The van der Waals surface area contributed by atoms with E-state index in [-0.39, 0.29) is 12.8 Å². The van der Waals surface area contributed by atoms with Crippen molar-refractivity contribution < 1.29 is 33.0 Å². The molecule has 0 bridgehead atoms. The Labute approximate surface area is 204 Å². The Balaban J connectivity index is 2.14. The number of hydrogen-bond donors (Lipinski definition) is 2. The third-order valence-corrected chi connectivity index (χ3v) is 4.88. The van der Waals surface area contributed by atoms with Gasteiger partial charge in [0, 0.05) is 19.8 Å². The molecule has 0 fully saturated rings. The Hall–Kier alpha value is -3.75. The first-order valence-corrected chi connectivity index (χ1v) is 11.1. The Morgan fingerprint density at radius 2 is 1.37 bits per heavy atom. The minimum absolute atomic E-state index is 0.0936. The summed E-state index contributed by atoms with van der Waals surface area (Å²) in [6.07, 6.45) is 0.195. The summed E-state index contributed by atoms with van der Waals surface area (Å²) in [6.45, 7) is 6.59. The van der Waals surface area contributed by atoms with Crippen molar-refractivity contribution in [1.29, 1.82) is 0 Å². The Morgan fingerprint density at radius 1 is 0.857 bits per heavy atom. The summed E-state index contributed by atoms with van der Waals surface area (Å²) in [7, 11) is 1.21. The molecule has 2 aromatic rings. The first-order chi connectivity index (χ1) is 16.4. The molecule has 2 atom stereocenters. The molecule has 9 heteroatoms. The van der Waals surface area contributed by atoms with Crippen molar-refractivity contribution in [3.05, 3.63) is 71.0 Å². The van der Waals surface area contributed by atoms with Gasteiger partial charge in [-0.1, -0.05) is 24.3 Å². The standard InChI is InChI=1S/C26H31FN2O6/c1-16(30)28-21(14-18-8-12-20(27)13-9-18)23(31)29-22(25(33)34-5)15-17-6-10-19(11-7-17)24(32)35-26(2,3)4/h6-13,21-22H,14-15H2,1-5H3,(H,28,30)(H,29,31)/t21-,22-/m1/s1. The van der Waals surface area contributed by atoms with E-state index in [2.05, 4.69) is 10.6 Å². The molecule has 0 saturated heterocycles. The molecular weight excluding hydrogens is 455 g/mol. The average molecular weight is 487 g/mol. The highest BCUT2D eigenvalue weighted by molar-refractivity contribution is 5.91. The summed E-state index contributed by atoms with van der Waals surface area (Å²) in [4.78, 5) is 49.2. The van der Waals surface area contributed by atoms with E-state index >= 15 is 0 Å². The molecule has 0 radical (unpaired) electrons. The SMILES string of the molecule is COC(=O)[C@@H](Cc1ccc(C(=O)OC(C)(C)C)cc1)NC(=O)[C@@H](Cc1ccc(F)cc1)NC(C)=O. The minimum Gasteiger partial charge on any atom is -0.467 e. The van der Waals surface area contributed by atoms with Crippen molar-refractivity contribution in [2.75, 3.05) is 7.11 Å². The summed E-state index contributed by atoms with van der Waals surface area (Å²) in [5.74, 6) is -2.58. The normalized spacial score (nSPS) is 12.7. The molecule has 2 N–H and O–H groups in total. The van der Waals surface area contributed by atoms with E-state index in [1.807, 2.05) is 0 Å². The molecule has 0 heterocycles. The summed E-state index contributed by atoms with van der Waals surface area (Å²) >= 11 is 0. The molecule has 2 amide bonds. The van der Waals surface area contributed by atoms with E-state index in [1.54, 1.807) is 45.0 Å². The molecule has 2 aromatic carbocycles. The average Bonchev–Trinajstić information content (AvgIpc) is 2.78. The third-order valence-electron chi connectivity index (χ3n) is 4.88. The van der Waals surface area contributed by atoms with Crippen LogP contribution in [0.5, 0.6) is 0 Å². The largest absolute Gasteiger partial charge is 0.467 e. The lowest BCUT2D eigenvalue weighted by Crippen LogP contribution is -2.53. The Morgan fingerprint density at radius 3 is 1.86 bits per heavy atom. The summed E-state index contributed by atoms with van der Waals surface area (Å²) in [6, 6.07) is 10.00. The van der Waals surface area contributed by atoms with Crippen LogP contribution in [0.1, 0.15) is 49.2 Å².